The van der Waals surface area contributed by atoms with Gasteiger partial charge in [0, 0.05) is 28.0 Å². The highest BCUT2D eigenvalue weighted by Crippen LogP contribution is 2.41. The number of aliphatic imine (C=N–C) groups is 1. The number of nitrogens with zero attached hydrogens (tertiary/aromatic N) is 3. The molecule has 3 aromatic carbocycles. The molecule has 0 saturated heterocycles. The number of ether oxygens (including phenoxy) is 1. The summed E-state index contributed by atoms with van der Waals surface area (Å²) in [6.07, 6.45) is 5.73. The summed E-state index contributed by atoms with van der Waals surface area (Å²) in [5, 5.41) is 7.35. The summed E-state index contributed by atoms with van der Waals surface area (Å²) in [4.78, 5) is 31.9. The van der Waals surface area contributed by atoms with Gasteiger partial charge in [-0.25, -0.2) is 10.0 Å². The zero-order valence-electron chi connectivity index (χ0n) is 21.4. The van der Waals surface area contributed by atoms with Crippen LogP contribution in [0.15, 0.2) is 118 Å². The third-order valence-corrected chi connectivity index (χ3v) is 7.67. The Labute approximate surface area is 241 Å². The van der Waals surface area contributed by atoms with Crippen LogP contribution >= 0.6 is 23.2 Å². The molecule has 0 N–H and O–H groups in total. The predicted molar refractivity (Wildman–Crippen MR) is 158 cm³/mol. The summed E-state index contributed by atoms with van der Waals surface area (Å²) >= 11 is 12.5. The summed E-state index contributed by atoms with van der Waals surface area (Å²) in [5.41, 5.74) is 4.44. The Bertz CT molecular complexity index is 1650. The number of hydrogen-bond donors (Lipinski definition) is 0. The molecule has 0 spiro atoms. The highest BCUT2D eigenvalue weighted by molar-refractivity contribution is 6.36. The van der Waals surface area contributed by atoms with Crippen LogP contribution in [0, 0.1) is 5.92 Å². The first kappa shape index (κ1) is 26.0. The van der Waals surface area contributed by atoms with Crippen molar-refractivity contribution in [2.75, 3.05) is 7.11 Å². The van der Waals surface area contributed by atoms with E-state index in [-0.39, 0.29) is 11.8 Å². The van der Waals surface area contributed by atoms with Crippen LogP contribution in [-0.2, 0) is 4.79 Å². The Morgan fingerprint density at radius 3 is 2.38 bits per heavy atom. The van der Waals surface area contributed by atoms with Gasteiger partial charge in [0.15, 0.2) is 0 Å². The molecule has 3 aromatic rings. The van der Waals surface area contributed by atoms with Crippen LogP contribution in [0.3, 0.4) is 0 Å². The summed E-state index contributed by atoms with van der Waals surface area (Å²) in [7, 11) is 1.60. The van der Waals surface area contributed by atoms with Gasteiger partial charge in [-0.3, -0.25) is 9.59 Å². The third-order valence-electron chi connectivity index (χ3n) is 7.17. The average molecular weight is 568 g/mol. The first-order valence-electron chi connectivity index (χ1n) is 12.7. The number of benzene rings is 3. The van der Waals surface area contributed by atoms with E-state index >= 15 is 0 Å². The van der Waals surface area contributed by atoms with E-state index in [0.717, 1.165) is 16.7 Å². The SMILES string of the molecule is COc1ccc(C2CC(C3=C(c4ccccc4)C4C=C(Cl)C=CC4=NC3=O)=NN2C(=O)c2ccc(Cl)cc2)cc1. The Hall–Kier alpha value is -4.26. The topological polar surface area (TPSA) is 71.3 Å². The van der Waals surface area contributed by atoms with Crippen molar-refractivity contribution in [2.24, 2.45) is 16.0 Å². The second-order valence-electron chi connectivity index (χ2n) is 9.56. The zero-order valence-corrected chi connectivity index (χ0v) is 22.9. The van der Waals surface area contributed by atoms with Crippen molar-refractivity contribution < 1.29 is 14.3 Å². The Morgan fingerprint density at radius 1 is 0.950 bits per heavy atom. The molecule has 40 heavy (non-hydrogen) atoms. The van der Waals surface area contributed by atoms with E-state index in [4.69, 9.17) is 33.0 Å². The monoisotopic (exact) mass is 567 g/mol. The minimum absolute atomic E-state index is 0.301. The van der Waals surface area contributed by atoms with Crippen molar-refractivity contribution in [2.45, 2.75) is 12.5 Å². The Morgan fingerprint density at radius 2 is 1.68 bits per heavy atom. The van der Waals surface area contributed by atoms with Crippen molar-refractivity contribution in [1.29, 1.82) is 0 Å². The number of fused-ring (bicyclic) bond motifs is 1. The van der Waals surface area contributed by atoms with Crippen LogP contribution in [-0.4, -0.2) is 35.4 Å². The van der Waals surface area contributed by atoms with Crippen LogP contribution in [0.1, 0.15) is 33.9 Å². The van der Waals surface area contributed by atoms with Crippen LogP contribution in [0.5, 0.6) is 5.75 Å². The van der Waals surface area contributed by atoms with E-state index in [0.29, 0.717) is 44.8 Å². The molecule has 0 fully saturated rings. The number of carbonyl (C=O) groups excluding carboxylic acids is 2. The summed E-state index contributed by atoms with van der Waals surface area (Å²) in [6.45, 7) is 0. The molecule has 2 heterocycles. The third kappa shape index (κ3) is 4.81. The first-order chi connectivity index (χ1) is 19.4. The van der Waals surface area contributed by atoms with Gasteiger partial charge in [-0.2, -0.15) is 5.10 Å². The van der Waals surface area contributed by atoms with Crippen molar-refractivity contribution in [3.8, 4) is 5.75 Å². The first-order valence-corrected chi connectivity index (χ1v) is 13.5. The molecule has 0 aromatic heterocycles. The molecule has 2 unspecified atom stereocenters. The van der Waals surface area contributed by atoms with E-state index < -0.39 is 11.9 Å². The number of dihydropyridines is 1. The molecule has 8 heteroatoms. The minimum atomic E-state index is -0.447. The molecule has 2 aliphatic heterocycles. The summed E-state index contributed by atoms with van der Waals surface area (Å²) < 4.78 is 5.33. The lowest BCUT2D eigenvalue weighted by atomic mass is 9.79. The van der Waals surface area contributed by atoms with Gasteiger partial charge >= 0.3 is 0 Å². The number of hydrogen-bond acceptors (Lipinski definition) is 4. The Kier molecular flexibility index (Phi) is 6.96. The maximum atomic E-state index is 13.8. The number of halogens is 2. The van der Waals surface area contributed by atoms with Crippen LogP contribution in [0.2, 0.25) is 5.02 Å². The molecule has 2 atom stereocenters. The van der Waals surface area contributed by atoms with E-state index in [1.54, 1.807) is 43.5 Å². The Balaban J connectivity index is 1.50. The molecular weight excluding hydrogens is 545 g/mol. The average Bonchev–Trinajstić information content (AvgIpc) is 3.42. The number of carbonyl (C=O) groups is 2. The highest BCUT2D eigenvalue weighted by atomic mass is 35.5. The second-order valence-corrected chi connectivity index (χ2v) is 10.4. The molecule has 2 amide bonds. The summed E-state index contributed by atoms with van der Waals surface area (Å²) in [6, 6.07) is 23.4. The number of amides is 2. The lowest BCUT2D eigenvalue weighted by Crippen LogP contribution is -2.27. The fraction of sp³-hybridized carbons (Fsp3) is 0.125. The molecule has 6 rings (SSSR count). The predicted octanol–water partition coefficient (Wildman–Crippen LogP) is 7.04. The molecule has 6 nitrogen and oxygen atoms in total. The lowest BCUT2D eigenvalue weighted by molar-refractivity contribution is -0.113. The molecule has 3 aliphatic rings. The minimum Gasteiger partial charge on any atom is -0.497 e. The fourth-order valence-corrected chi connectivity index (χ4v) is 5.55. The molecule has 0 radical (unpaired) electrons. The van der Waals surface area contributed by atoms with Gasteiger partial charge in [0.2, 0.25) is 0 Å². The molecule has 198 valence electrons. The molecule has 0 saturated carbocycles. The standard InChI is InChI=1S/C32H23Cl2N3O3/c1-40-24-14-9-19(10-15-24)28-18-27(36-37(28)32(39)21-7-11-22(33)12-8-21)30-29(20-5-3-2-4-6-20)25-17-23(34)13-16-26(25)35-31(30)38/h2-17,25,28H,18H2,1H3. The van der Waals surface area contributed by atoms with Gasteiger partial charge in [0.1, 0.15) is 5.75 Å². The van der Waals surface area contributed by atoms with E-state index in [1.165, 1.54) is 5.01 Å². The van der Waals surface area contributed by atoms with Crippen molar-refractivity contribution in [1.82, 2.24) is 5.01 Å². The fourth-order valence-electron chi connectivity index (χ4n) is 5.23. The number of rotatable bonds is 5. The largest absolute Gasteiger partial charge is 0.497 e. The number of methoxy groups -OCH3 is 1. The molecule has 0 bridgehead atoms. The second kappa shape index (κ2) is 10.7. The van der Waals surface area contributed by atoms with Crippen LogP contribution in [0.4, 0.5) is 0 Å². The van der Waals surface area contributed by atoms with Crippen molar-refractivity contribution in [3.05, 3.63) is 129 Å². The zero-order chi connectivity index (χ0) is 27.8. The quantitative estimate of drug-likeness (QED) is 0.332. The van der Waals surface area contributed by atoms with Gasteiger partial charge in [-0.1, -0.05) is 71.7 Å². The summed E-state index contributed by atoms with van der Waals surface area (Å²) in [5.74, 6) is -0.318. The van der Waals surface area contributed by atoms with Crippen LogP contribution in [0.25, 0.3) is 5.57 Å². The van der Waals surface area contributed by atoms with Gasteiger partial charge in [0.05, 0.1) is 30.1 Å². The molecule has 1 aliphatic carbocycles. The maximum Gasteiger partial charge on any atom is 0.279 e. The lowest BCUT2D eigenvalue weighted by Gasteiger charge is -2.27. The molecular formula is C32H23Cl2N3O3. The van der Waals surface area contributed by atoms with Crippen LogP contribution < -0.4 is 4.74 Å². The smallest absolute Gasteiger partial charge is 0.279 e. The van der Waals surface area contributed by atoms with E-state index in [1.807, 2.05) is 60.7 Å². The van der Waals surface area contributed by atoms with Gasteiger partial charge in [-0.15, -0.1) is 0 Å². The normalized spacial score (nSPS) is 20.1. The maximum absolute atomic E-state index is 13.8. The van der Waals surface area contributed by atoms with Crippen molar-refractivity contribution >= 4 is 52.0 Å². The van der Waals surface area contributed by atoms with E-state index in [2.05, 4.69) is 4.99 Å². The van der Waals surface area contributed by atoms with Gasteiger partial charge in [-0.05, 0) is 65.3 Å². The van der Waals surface area contributed by atoms with E-state index in [9.17, 15) is 9.59 Å². The van der Waals surface area contributed by atoms with Crippen molar-refractivity contribution in [3.63, 3.8) is 0 Å². The van der Waals surface area contributed by atoms with Gasteiger partial charge in [0.25, 0.3) is 11.8 Å². The number of hydrazone groups is 1. The van der Waals surface area contributed by atoms with Gasteiger partial charge < -0.3 is 4.74 Å². The highest BCUT2D eigenvalue weighted by Gasteiger charge is 2.40. The number of allylic oxidation sites excluding steroid dienone is 5.